The van der Waals surface area contributed by atoms with Crippen molar-refractivity contribution in [2.24, 2.45) is 0 Å². The number of hydrogen-bond donors (Lipinski definition) is 2. The summed E-state index contributed by atoms with van der Waals surface area (Å²) in [7, 11) is 0. The number of phenolic OH excluding ortho intramolecular Hbond substituents is 1. The van der Waals surface area contributed by atoms with Crippen LogP contribution in [0.15, 0.2) is 48.8 Å². The SMILES string of the molecule is Cc1cnc(CNCc2c(O)ccc3ccccc23)cn1. The Morgan fingerprint density at radius 2 is 1.86 bits per heavy atom. The highest BCUT2D eigenvalue weighted by Gasteiger charge is 2.06. The Morgan fingerprint density at radius 1 is 1.00 bits per heavy atom. The van der Waals surface area contributed by atoms with Crippen molar-refractivity contribution in [3.63, 3.8) is 0 Å². The second kappa shape index (κ2) is 5.89. The smallest absolute Gasteiger partial charge is 0.120 e. The third-order valence-electron chi connectivity index (χ3n) is 3.46. The van der Waals surface area contributed by atoms with E-state index in [1.54, 1.807) is 18.5 Å². The van der Waals surface area contributed by atoms with Gasteiger partial charge >= 0.3 is 0 Å². The highest BCUT2D eigenvalue weighted by atomic mass is 16.3. The zero-order valence-corrected chi connectivity index (χ0v) is 11.9. The minimum Gasteiger partial charge on any atom is -0.508 e. The van der Waals surface area contributed by atoms with E-state index >= 15 is 0 Å². The monoisotopic (exact) mass is 279 g/mol. The molecule has 2 aromatic carbocycles. The lowest BCUT2D eigenvalue weighted by Gasteiger charge is -2.10. The molecule has 0 radical (unpaired) electrons. The Hall–Kier alpha value is -2.46. The maximum absolute atomic E-state index is 10.1. The van der Waals surface area contributed by atoms with Crippen molar-refractivity contribution in [2.45, 2.75) is 20.0 Å². The lowest BCUT2D eigenvalue weighted by molar-refractivity contribution is 0.465. The number of phenols is 1. The summed E-state index contributed by atoms with van der Waals surface area (Å²) in [6.07, 6.45) is 3.53. The molecule has 0 spiro atoms. The van der Waals surface area contributed by atoms with Crippen LogP contribution in [0.25, 0.3) is 10.8 Å². The van der Waals surface area contributed by atoms with Crippen molar-refractivity contribution in [1.29, 1.82) is 0 Å². The maximum Gasteiger partial charge on any atom is 0.120 e. The highest BCUT2D eigenvalue weighted by molar-refractivity contribution is 5.87. The molecule has 0 saturated carbocycles. The average molecular weight is 279 g/mol. The first-order valence-corrected chi connectivity index (χ1v) is 6.92. The van der Waals surface area contributed by atoms with E-state index in [-0.39, 0.29) is 0 Å². The lowest BCUT2D eigenvalue weighted by atomic mass is 10.0. The van der Waals surface area contributed by atoms with Crippen LogP contribution >= 0.6 is 0 Å². The van der Waals surface area contributed by atoms with E-state index in [9.17, 15) is 5.11 Å². The first-order chi connectivity index (χ1) is 10.2. The molecule has 0 aliphatic heterocycles. The second-order valence-electron chi connectivity index (χ2n) is 5.04. The molecule has 0 amide bonds. The normalized spacial score (nSPS) is 10.9. The molecule has 0 atom stereocenters. The molecule has 21 heavy (non-hydrogen) atoms. The number of benzene rings is 2. The number of hydrogen-bond acceptors (Lipinski definition) is 4. The van der Waals surface area contributed by atoms with Crippen LogP contribution in [0.3, 0.4) is 0 Å². The van der Waals surface area contributed by atoms with Gasteiger partial charge in [0.25, 0.3) is 0 Å². The fourth-order valence-electron chi connectivity index (χ4n) is 2.34. The Morgan fingerprint density at radius 3 is 2.67 bits per heavy atom. The highest BCUT2D eigenvalue weighted by Crippen LogP contribution is 2.26. The number of fused-ring (bicyclic) bond motifs is 1. The standard InChI is InChI=1S/C17H17N3O/c1-12-8-20-14(10-19-12)9-18-11-16-15-5-3-2-4-13(15)6-7-17(16)21/h2-8,10,18,21H,9,11H2,1H3. The van der Waals surface area contributed by atoms with Gasteiger partial charge in [-0.3, -0.25) is 9.97 Å². The van der Waals surface area contributed by atoms with Crippen LogP contribution < -0.4 is 5.32 Å². The maximum atomic E-state index is 10.1. The van der Waals surface area contributed by atoms with Crippen LogP contribution in [0.1, 0.15) is 17.0 Å². The van der Waals surface area contributed by atoms with Crippen LogP contribution in [-0.4, -0.2) is 15.1 Å². The fourth-order valence-corrected chi connectivity index (χ4v) is 2.34. The summed E-state index contributed by atoms with van der Waals surface area (Å²) in [5.41, 5.74) is 2.71. The number of nitrogens with one attached hydrogen (secondary N) is 1. The van der Waals surface area contributed by atoms with Gasteiger partial charge in [-0.15, -0.1) is 0 Å². The van der Waals surface area contributed by atoms with Crippen molar-refractivity contribution in [2.75, 3.05) is 0 Å². The van der Waals surface area contributed by atoms with Gasteiger partial charge in [-0.05, 0) is 23.8 Å². The summed E-state index contributed by atoms with van der Waals surface area (Å²) >= 11 is 0. The van der Waals surface area contributed by atoms with Crippen molar-refractivity contribution < 1.29 is 5.11 Å². The van der Waals surface area contributed by atoms with Crippen LogP contribution in [-0.2, 0) is 13.1 Å². The molecule has 0 aliphatic rings. The van der Waals surface area contributed by atoms with Crippen molar-refractivity contribution in [3.8, 4) is 5.75 Å². The molecule has 0 unspecified atom stereocenters. The van der Waals surface area contributed by atoms with Gasteiger partial charge in [0, 0.05) is 31.0 Å². The molecule has 3 aromatic rings. The van der Waals surface area contributed by atoms with Gasteiger partial charge in [0.15, 0.2) is 0 Å². The Labute approximate surface area is 123 Å². The van der Waals surface area contributed by atoms with Gasteiger partial charge in [0.1, 0.15) is 5.75 Å². The molecule has 0 bridgehead atoms. The van der Waals surface area contributed by atoms with E-state index in [1.165, 1.54) is 0 Å². The summed E-state index contributed by atoms with van der Waals surface area (Å²) in [5.74, 6) is 0.316. The number of aryl methyl sites for hydroxylation is 1. The van der Waals surface area contributed by atoms with Gasteiger partial charge in [-0.2, -0.15) is 0 Å². The molecule has 3 rings (SSSR count). The molecule has 106 valence electrons. The predicted octanol–water partition coefficient (Wildman–Crippen LogP) is 2.93. The lowest BCUT2D eigenvalue weighted by Crippen LogP contribution is -2.14. The van der Waals surface area contributed by atoms with Gasteiger partial charge in [-0.1, -0.05) is 30.3 Å². The molecule has 4 heteroatoms. The quantitative estimate of drug-likeness (QED) is 0.771. The van der Waals surface area contributed by atoms with Crippen molar-refractivity contribution >= 4 is 10.8 Å². The largest absolute Gasteiger partial charge is 0.508 e. The third kappa shape index (κ3) is 3.01. The van der Waals surface area contributed by atoms with E-state index in [0.717, 1.165) is 27.7 Å². The zero-order chi connectivity index (χ0) is 14.7. The van der Waals surface area contributed by atoms with Crippen LogP contribution in [0.5, 0.6) is 5.75 Å². The molecule has 0 saturated heterocycles. The summed E-state index contributed by atoms with van der Waals surface area (Å²) in [4.78, 5) is 8.53. The fraction of sp³-hybridized carbons (Fsp3) is 0.176. The van der Waals surface area contributed by atoms with E-state index < -0.39 is 0 Å². The molecule has 0 aliphatic carbocycles. The van der Waals surface area contributed by atoms with Gasteiger partial charge in [-0.25, -0.2) is 0 Å². The Balaban J connectivity index is 1.76. The minimum atomic E-state index is 0.316. The second-order valence-corrected chi connectivity index (χ2v) is 5.04. The topological polar surface area (TPSA) is 58.0 Å². The van der Waals surface area contributed by atoms with Crippen molar-refractivity contribution in [1.82, 2.24) is 15.3 Å². The average Bonchev–Trinajstić information content (AvgIpc) is 2.51. The molecule has 4 nitrogen and oxygen atoms in total. The first kappa shape index (κ1) is 13.5. The number of aromatic nitrogens is 2. The number of aromatic hydroxyl groups is 1. The van der Waals surface area contributed by atoms with E-state index in [1.807, 2.05) is 37.3 Å². The third-order valence-corrected chi connectivity index (χ3v) is 3.46. The minimum absolute atomic E-state index is 0.316. The van der Waals surface area contributed by atoms with Crippen LogP contribution in [0, 0.1) is 6.92 Å². The van der Waals surface area contributed by atoms with E-state index in [4.69, 9.17) is 0 Å². The Bertz CT molecular complexity index is 754. The van der Waals surface area contributed by atoms with Gasteiger partial charge in [0.2, 0.25) is 0 Å². The molecular weight excluding hydrogens is 262 g/mol. The predicted molar refractivity (Wildman–Crippen MR) is 82.9 cm³/mol. The summed E-state index contributed by atoms with van der Waals surface area (Å²) < 4.78 is 0. The number of nitrogens with zero attached hydrogens (tertiary/aromatic N) is 2. The zero-order valence-electron chi connectivity index (χ0n) is 11.9. The van der Waals surface area contributed by atoms with Gasteiger partial charge in [0.05, 0.1) is 11.4 Å². The van der Waals surface area contributed by atoms with Crippen LogP contribution in [0.2, 0.25) is 0 Å². The molecule has 2 N–H and O–H groups in total. The number of rotatable bonds is 4. The summed E-state index contributed by atoms with van der Waals surface area (Å²) in [6, 6.07) is 11.7. The van der Waals surface area contributed by atoms with Crippen LogP contribution in [0.4, 0.5) is 0 Å². The molecule has 0 fully saturated rings. The Kier molecular flexibility index (Phi) is 3.79. The molecule has 1 aromatic heterocycles. The van der Waals surface area contributed by atoms with E-state index in [0.29, 0.717) is 18.8 Å². The summed E-state index contributed by atoms with van der Waals surface area (Å²) in [6.45, 7) is 3.12. The van der Waals surface area contributed by atoms with Gasteiger partial charge < -0.3 is 10.4 Å². The summed E-state index contributed by atoms with van der Waals surface area (Å²) in [5, 5.41) is 15.6. The van der Waals surface area contributed by atoms with E-state index in [2.05, 4.69) is 15.3 Å². The molecular formula is C17H17N3O. The molecule has 1 heterocycles. The first-order valence-electron chi connectivity index (χ1n) is 6.92. The van der Waals surface area contributed by atoms with Crippen molar-refractivity contribution in [3.05, 3.63) is 65.7 Å².